The maximum absolute atomic E-state index is 13.4. The van der Waals surface area contributed by atoms with E-state index >= 15 is 0 Å². The summed E-state index contributed by atoms with van der Waals surface area (Å²) in [4.78, 5) is 3.25. The van der Waals surface area contributed by atoms with E-state index < -0.39 is 27.3 Å². The smallest absolute Gasteiger partial charge is 0.354 e. The van der Waals surface area contributed by atoms with Gasteiger partial charge >= 0.3 is 15.6 Å². The summed E-state index contributed by atoms with van der Waals surface area (Å²) in [7, 11) is -5.82. The normalized spacial score (nSPS) is 12.9. The van der Waals surface area contributed by atoms with Crippen LogP contribution < -0.4 is 4.18 Å². The highest BCUT2D eigenvalue weighted by atomic mass is 32.2. The second-order valence-electron chi connectivity index (χ2n) is 3.52. The fourth-order valence-electron chi connectivity index (χ4n) is 1.35. The third-order valence-corrected chi connectivity index (χ3v) is 4.21. The average molecular weight is 315 g/mol. The summed E-state index contributed by atoms with van der Waals surface area (Å²) in [5, 5.41) is 1.45. The number of hydrogen-bond donors (Lipinski definition) is 0. The van der Waals surface area contributed by atoms with Crippen molar-refractivity contribution in [3.8, 4) is 5.88 Å². The molecular formula is C9H5F4NO3S2. The molecular weight excluding hydrogens is 310 g/mol. The van der Waals surface area contributed by atoms with E-state index in [1.165, 1.54) is 12.3 Å². The molecule has 19 heavy (non-hydrogen) atoms. The van der Waals surface area contributed by atoms with Crippen molar-refractivity contribution in [2.45, 2.75) is 12.4 Å². The molecule has 0 fully saturated rings. The van der Waals surface area contributed by atoms with Crippen molar-refractivity contribution in [3.63, 3.8) is 0 Å². The van der Waals surface area contributed by atoms with Gasteiger partial charge in [0.2, 0.25) is 0 Å². The first kappa shape index (κ1) is 14.0. The minimum absolute atomic E-state index is 0.00706. The largest absolute Gasteiger partial charge is 0.534 e. The van der Waals surface area contributed by atoms with Gasteiger partial charge in [-0.05, 0) is 17.9 Å². The summed E-state index contributed by atoms with van der Waals surface area (Å²) >= 11 is 0.847. The number of hydrogen-bond acceptors (Lipinski definition) is 5. The summed E-state index contributed by atoms with van der Waals surface area (Å²) in [6.45, 7) is 1.53. The van der Waals surface area contributed by atoms with Crippen LogP contribution in [0.3, 0.4) is 0 Å². The van der Waals surface area contributed by atoms with E-state index in [-0.39, 0.29) is 10.1 Å². The molecule has 0 N–H and O–H groups in total. The standard InChI is InChI=1S/C9H5F4NO3S2/c1-4-3-18-7-6(4)5(10)2-14-8(7)17-19(15,16)9(11,12)13/h2-3H,1H3. The van der Waals surface area contributed by atoms with Crippen LogP contribution in [0.1, 0.15) is 5.56 Å². The van der Waals surface area contributed by atoms with Crippen LogP contribution in [0, 0.1) is 12.7 Å². The number of halogens is 4. The molecule has 2 heterocycles. The van der Waals surface area contributed by atoms with Crippen LogP contribution in [-0.2, 0) is 10.1 Å². The Morgan fingerprint density at radius 1 is 1.37 bits per heavy atom. The van der Waals surface area contributed by atoms with Crippen LogP contribution in [0.5, 0.6) is 5.88 Å². The van der Waals surface area contributed by atoms with Gasteiger partial charge in [-0.1, -0.05) is 0 Å². The molecule has 0 atom stereocenters. The Kier molecular flexibility index (Phi) is 3.17. The van der Waals surface area contributed by atoms with Gasteiger partial charge < -0.3 is 4.18 Å². The molecule has 0 spiro atoms. The van der Waals surface area contributed by atoms with Crippen LogP contribution in [0.25, 0.3) is 10.1 Å². The fourth-order valence-corrected chi connectivity index (χ4v) is 2.81. The summed E-state index contributed by atoms with van der Waals surface area (Å²) in [5.74, 6) is -1.54. The zero-order chi connectivity index (χ0) is 14.4. The number of rotatable bonds is 2. The highest BCUT2D eigenvalue weighted by molar-refractivity contribution is 7.88. The van der Waals surface area contributed by atoms with Crippen molar-refractivity contribution in [2.75, 3.05) is 0 Å². The number of fused-ring (bicyclic) bond motifs is 1. The van der Waals surface area contributed by atoms with Gasteiger partial charge in [0, 0.05) is 5.39 Å². The van der Waals surface area contributed by atoms with Crippen LogP contribution >= 0.6 is 11.3 Å². The Morgan fingerprint density at radius 2 is 2.00 bits per heavy atom. The highest BCUT2D eigenvalue weighted by Gasteiger charge is 2.49. The van der Waals surface area contributed by atoms with E-state index in [1.807, 2.05) is 0 Å². The fraction of sp³-hybridized carbons (Fsp3) is 0.222. The Bertz CT molecular complexity index is 736. The number of aromatic nitrogens is 1. The van der Waals surface area contributed by atoms with Gasteiger partial charge in [0.1, 0.15) is 4.70 Å². The minimum atomic E-state index is -5.82. The second kappa shape index (κ2) is 4.30. The molecule has 2 aromatic heterocycles. The molecule has 2 rings (SSSR count). The third kappa shape index (κ3) is 2.37. The van der Waals surface area contributed by atoms with Crippen molar-refractivity contribution < 1.29 is 30.2 Å². The van der Waals surface area contributed by atoms with E-state index in [4.69, 9.17) is 0 Å². The first-order valence-corrected chi connectivity index (χ1v) is 6.95. The van der Waals surface area contributed by atoms with Gasteiger partial charge in [-0.3, -0.25) is 0 Å². The third-order valence-electron chi connectivity index (χ3n) is 2.18. The van der Waals surface area contributed by atoms with Gasteiger partial charge in [0.15, 0.2) is 5.82 Å². The predicted octanol–water partition coefficient (Wildman–Crippen LogP) is 2.97. The topological polar surface area (TPSA) is 56.3 Å². The number of nitrogens with zero attached hydrogens (tertiary/aromatic N) is 1. The Morgan fingerprint density at radius 3 is 2.58 bits per heavy atom. The molecule has 0 saturated carbocycles. The molecule has 0 aromatic carbocycles. The molecule has 0 saturated heterocycles. The quantitative estimate of drug-likeness (QED) is 0.486. The van der Waals surface area contributed by atoms with Crippen LogP contribution in [0.4, 0.5) is 17.6 Å². The van der Waals surface area contributed by atoms with Gasteiger partial charge in [0.05, 0.1) is 6.20 Å². The number of thiophene rings is 1. The first-order chi connectivity index (χ1) is 8.63. The number of alkyl halides is 3. The van der Waals surface area contributed by atoms with Crippen molar-refractivity contribution in [3.05, 3.63) is 23.0 Å². The average Bonchev–Trinajstić information content (AvgIpc) is 2.64. The van der Waals surface area contributed by atoms with Gasteiger partial charge in [-0.2, -0.15) is 21.6 Å². The lowest BCUT2D eigenvalue weighted by atomic mass is 10.2. The lowest BCUT2D eigenvalue weighted by Gasteiger charge is -2.09. The van der Waals surface area contributed by atoms with Gasteiger partial charge in [0.25, 0.3) is 5.88 Å². The summed E-state index contributed by atoms with van der Waals surface area (Å²) in [6.07, 6.45) is 0.614. The Balaban J connectivity index is 2.57. The van der Waals surface area contributed by atoms with Crippen LogP contribution in [0.15, 0.2) is 11.6 Å². The SMILES string of the molecule is Cc1csc2c(OS(=O)(=O)C(F)(F)F)ncc(F)c12. The molecule has 0 amide bonds. The zero-order valence-electron chi connectivity index (χ0n) is 9.16. The molecule has 0 unspecified atom stereocenters. The predicted molar refractivity (Wildman–Crippen MR) is 59.9 cm³/mol. The van der Waals surface area contributed by atoms with E-state index in [0.717, 1.165) is 11.3 Å². The molecule has 0 aliphatic heterocycles. The Hall–Kier alpha value is -1.42. The van der Waals surface area contributed by atoms with E-state index in [0.29, 0.717) is 11.8 Å². The van der Waals surface area contributed by atoms with Crippen molar-refractivity contribution in [2.24, 2.45) is 0 Å². The molecule has 0 aliphatic rings. The number of aryl methyl sites for hydroxylation is 1. The monoisotopic (exact) mass is 315 g/mol. The number of pyridine rings is 1. The van der Waals surface area contributed by atoms with Crippen LogP contribution in [0.2, 0.25) is 0 Å². The molecule has 2 aromatic rings. The molecule has 0 aliphatic carbocycles. The van der Waals surface area contributed by atoms with E-state index in [1.54, 1.807) is 0 Å². The zero-order valence-corrected chi connectivity index (χ0v) is 10.8. The van der Waals surface area contributed by atoms with Crippen molar-refractivity contribution in [1.82, 2.24) is 4.98 Å². The summed E-state index contributed by atoms with van der Waals surface area (Å²) < 4.78 is 75.6. The lowest BCUT2D eigenvalue weighted by Crippen LogP contribution is -2.28. The Labute approximate surface area is 108 Å². The van der Waals surface area contributed by atoms with E-state index in [9.17, 15) is 26.0 Å². The highest BCUT2D eigenvalue weighted by Crippen LogP contribution is 2.36. The summed E-state index contributed by atoms with van der Waals surface area (Å²) in [5.41, 5.74) is -5.11. The van der Waals surface area contributed by atoms with Crippen molar-refractivity contribution in [1.29, 1.82) is 0 Å². The molecule has 4 nitrogen and oxygen atoms in total. The van der Waals surface area contributed by atoms with Crippen LogP contribution in [-0.4, -0.2) is 18.9 Å². The minimum Gasteiger partial charge on any atom is -0.354 e. The lowest BCUT2D eigenvalue weighted by molar-refractivity contribution is -0.0500. The van der Waals surface area contributed by atoms with Gasteiger partial charge in [-0.15, -0.1) is 11.3 Å². The van der Waals surface area contributed by atoms with Crippen molar-refractivity contribution >= 4 is 31.5 Å². The maximum atomic E-state index is 13.4. The molecule has 10 heteroatoms. The maximum Gasteiger partial charge on any atom is 0.534 e. The van der Waals surface area contributed by atoms with E-state index in [2.05, 4.69) is 9.17 Å². The van der Waals surface area contributed by atoms with Gasteiger partial charge in [-0.25, -0.2) is 9.37 Å². The first-order valence-electron chi connectivity index (χ1n) is 4.66. The summed E-state index contributed by atoms with van der Waals surface area (Å²) in [6, 6.07) is 0. The molecule has 0 bridgehead atoms. The molecule has 104 valence electrons. The molecule has 0 radical (unpaired) electrons. The second-order valence-corrected chi connectivity index (χ2v) is 5.93.